The van der Waals surface area contributed by atoms with Crippen LogP contribution in [0.5, 0.6) is 5.75 Å². The lowest BCUT2D eigenvalue weighted by molar-refractivity contribution is -0.128. The molecule has 47 heavy (non-hydrogen) atoms. The summed E-state index contributed by atoms with van der Waals surface area (Å²) < 4.78 is 42.3. The van der Waals surface area contributed by atoms with Gasteiger partial charge in [0.1, 0.15) is 11.9 Å². The van der Waals surface area contributed by atoms with Crippen LogP contribution in [0.4, 0.5) is 10.5 Å². The first kappa shape index (κ1) is 33.6. The Hall–Kier alpha value is -3.28. The average molecular weight is 685 g/mol. The molecule has 4 atom stereocenters. The Morgan fingerprint density at radius 2 is 1.94 bits per heavy atom. The van der Waals surface area contributed by atoms with Crippen molar-refractivity contribution < 1.29 is 27.5 Å². The van der Waals surface area contributed by atoms with Gasteiger partial charge in [-0.2, -0.15) is 0 Å². The molecule has 0 radical (unpaired) electrons. The third-order valence-electron chi connectivity index (χ3n) is 10.7. The van der Waals surface area contributed by atoms with Crippen molar-refractivity contribution in [3.8, 4) is 5.75 Å². The van der Waals surface area contributed by atoms with Crippen LogP contribution in [0, 0.1) is 11.8 Å². The molecule has 0 unspecified atom stereocenters. The van der Waals surface area contributed by atoms with E-state index in [4.69, 9.17) is 21.1 Å². The molecule has 2 heterocycles. The molecule has 1 spiro atoms. The first-order chi connectivity index (χ1) is 22.2. The molecule has 12 heteroatoms. The van der Waals surface area contributed by atoms with Gasteiger partial charge in [0, 0.05) is 50.1 Å². The standard InChI is InChI=1S/C35H45ClN4O6S/c1-34(2)32(41)37-47(43,44)26-12-15-31-29(19-26)40(21-35(22-45-31)16-6-8-23-18-25(36)11-14-28(23)35)20-24-10-13-27(24)30(9-7-17-39(34)5)46-33(42)38(3)4/h7,9,11-12,14-15,18-19,24,27,30H,6,8,10,13,16-17,20-22H2,1-5H3,(H,37,41)/t24-,27+,30-,35-/m0/s1. The van der Waals surface area contributed by atoms with E-state index < -0.39 is 33.7 Å². The van der Waals surface area contributed by atoms with Crippen molar-refractivity contribution in [3.63, 3.8) is 0 Å². The van der Waals surface area contributed by atoms with E-state index in [-0.39, 0.29) is 22.1 Å². The molecule has 6 rings (SSSR count). The Kier molecular flexibility index (Phi) is 9.04. The van der Waals surface area contributed by atoms with Crippen LogP contribution in [-0.4, -0.2) is 89.2 Å². The van der Waals surface area contributed by atoms with Crippen LogP contribution < -0.4 is 14.4 Å². The monoisotopic (exact) mass is 684 g/mol. The molecule has 2 aliphatic heterocycles. The highest BCUT2D eigenvalue weighted by atomic mass is 35.5. The third-order valence-corrected chi connectivity index (χ3v) is 12.3. The second-order valence-electron chi connectivity index (χ2n) is 14.3. The van der Waals surface area contributed by atoms with E-state index in [0.29, 0.717) is 42.7 Å². The number of hydrogen-bond acceptors (Lipinski definition) is 8. The van der Waals surface area contributed by atoms with Gasteiger partial charge in [0.2, 0.25) is 0 Å². The summed E-state index contributed by atoms with van der Waals surface area (Å²) in [6.45, 7) is 5.39. The molecule has 254 valence electrons. The van der Waals surface area contributed by atoms with E-state index in [1.54, 1.807) is 52.0 Å². The van der Waals surface area contributed by atoms with Gasteiger partial charge in [-0.25, -0.2) is 17.9 Å². The maximum Gasteiger partial charge on any atom is 0.409 e. The predicted octanol–water partition coefficient (Wildman–Crippen LogP) is 4.99. The Morgan fingerprint density at radius 1 is 1.15 bits per heavy atom. The number of benzene rings is 2. The molecular weight excluding hydrogens is 640 g/mol. The van der Waals surface area contributed by atoms with Crippen LogP contribution in [0.1, 0.15) is 50.7 Å². The molecule has 1 saturated carbocycles. The lowest BCUT2D eigenvalue weighted by Crippen LogP contribution is -2.54. The van der Waals surface area contributed by atoms with E-state index in [0.717, 1.165) is 32.1 Å². The quantitative estimate of drug-likeness (QED) is 0.419. The van der Waals surface area contributed by atoms with Gasteiger partial charge >= 0.3 is 6.09 Å². The van der Waals surface area contributed by atoms with Gasteiger partial charge in [0.05, 0.1) is 22.7 Å². The molecule has 4 aliphatic rings. The molecule has 2 aromatic rings. The maximum atomic E-state index is 13.7. The Labute approximate surface area is 283 Å². The summed E-state index contributed by atoms with van der Waals surface area (Å²) in [6.07, 6.45) is 7.63. The predicted molar refractivity (Wildman–Crippen MR) is 182 cm³/mol. The second-order valence-corrected chi connectivity index (χ2v) is 16.4. The number of ether oxygens (including phenoxy) is 2. The minimum Gasteiger partial charge on any atom is -0.490 e. The normalized spacial score (nSPS) is 28.5. The molecular formula is C35H45ClN4O6S. The molecule has 0 aromatic heterocycles. The van der Waals surface area contributed by atoms with Crippen molar-refractivity contribution in [3.05, 3.63) is 64.7 Å². The highest BCUT2D eigenvalue weighted by Gasteiger charge is 2.45. The van der Waals surface area contributed by atoms with Gasteiger partial charge in [-0.1, -0.05) is 23.7 Å². The minimum absolute atomic E-state index is 0.00151. The maximum absolute atomic E-state index is 13.7. The van der Waals surface area contributed by atoms with Crippen LogP contribution in [0.15, 0.2) is 53.4 Å². The zero-order valence-electron chi connectivity index (χ0n) is 27.8. The van der Waals surface area contributed by atoms with Gasteiger partial charge in [0.15, 0.2) is 0 Å². The van der Waals surface area contributed by atoms with Gasteiger partial charge in [-0.3, -0.25) is 9.69 Å². The summed E-state index contributed by atoms with van der Waals surface area (Å²) in [5.41, 5.74) is 1.60. The van der Waals surface area contributed by atoms with Gasteiger partial charge in [0.25, 0.3) is 15.9 Å². The number of hydrogen-bond donors (Lipinski definition) is 1. The number of carbonyl (C=O) groups excluding carboxylic acids is 2. The van der Waals surface area contributed by atoms with E-state index in [1.165, 1.54) is 22.1 Å². The zero-order chi connectivity index (χ0) is 33.7. The molecule has 1 fully saturated rings. The fourth-order valence-electron chi connectivity index (χ4n) is 7.35. The fourth-order valence-corrected chi connectivity index (χ4v) is 8.67. The van der Waals surface area contributed by atoms with Crippen molar-refractivity contribution in [1.29, 1.82) is 0 Å². The number of nitrogens with one attached hydrogen (secondary N) is 1. The van der Waals surface area contributed by atoms with Gasteiger partial charge in [-0.05, 0) is 106 Å². The van der Waals surface area contributed by atoms with Gasteiger partial charge in [-0.15, -0.1) is 0 Å². The first-order valence-corrected chi connectivity index (χ1v) is 18.2. The summed E-state index contributed by atoms with van der Waals surface area (Å²) >= 11 is 6.42. The molecule has 2 aliphatic carbocycles. The molecule has 0 saturated heterocycles. The van der Waals surface area contributed by atoms with E-state index in [9.17, 15) is 18.0 Å². The van der Waals surface area contributed by atoms with Crippen LogP contribution >= 0.6 is 11.6 Å². The largest absolute Gasteiger partial charge is 0.490 e. The third kappa shape index (κ3) is 6.46. The molecule has 10 nitrogen and oxygen atoms in total. The zero-order valence-corrected chi connectivity index (χ0v) is 29.4. The van der Waals surface area contributed by atoms with Crippen molar-refractivity contribution in [1.82, 2.24) is 14.5 Å². The number of nitrogens with zero attached hydrogens (tertiary/aromatic N) is 3. The topological polar surface area (TPSA) is 108 Å². The lowest BCUT2D eigenvalue weighted by Gasteiger charge is -2.46. The van der Waals surface area contributed by atoms with Crippen LogP contribution in [0.25, 0.3) is 0 Å². The van der Waals surface area contributed by atoms with Gasteiger partial charge < -0.3 is 19.3 Å². The summed E-state index contributed by atoms with van der Waals surface area (Å²) in [4.78, 5) is 31.7. The van der Waals surface area contributed by atoms with Crippen molar-refractivity contribution in [2.45, 2.75) is 67.9 Å². The summed E-state index contributed by atoms with van der Waals surface area (Å²) in [6, 6.07) is 10.9. The van der Waals surface area contributed by atoms with Crippen LogP contribution in [-0.2, 0) is 31.4 Å². The number of anilines is 1. The Balaban J connectivity index is 1.45. The Morgan fingerprint density at radius 3 is 2.66 bits per heavy atom. The summed E-state index contributed by atoms with van der Waals surface area (Å²) in [7, 11) is 0.904. The molecule has 2 amide bonds. The number of aryl methyl sites for hydroxylation is 1. The number of rotatable bonds is 1. The molecule has 2 bridgehead atoms. The number of halogens is 1. The number of sulfonamides is 1. The lowest BCUT2D eigenvalue weighted by atomic mass is 9.68. The second kappa shape index (κ2) is 12.6. The number of carbonyl (C=O) groups is 2. The van der Waals surface area contributed by atoms with Crippen LogP contribution in [0.3, 0.4) is 0 Å². The smallest absolute Gasteiger partial charge is 0.409 e. The number of fused-ring (bicyclic) bond motifs is 4. The average Bonchev–Trinajstić information content (AvgIpc) is 3.15. The number of likely N-dealkylation sites (N-methyl/N-ethyl adjacent to an activating group) is 1. The fraction of sp³-hybridized carbons (Fsp3) is 0.543. The van der Waals surface area contributed by atoms with Crippen molar-refractivity contribution in [2.24, 2.45) is 11.8 Å². The van der Waals surface area contributed by atoms with Crippen molar-refractivity contribution in [2.75, 3.05) is 52.3 Å². The van der Waals surface area contributed by atoms with E-state index in [1.807, 2.05) is 18.2 Å². The Bertz CT molecular complexity index is 1690. The minimum atomic E-state index is -4.20. The summed E-state index contributed by atoms with van der Waals surface area (Å²) in [5, 5.41) is 0.707. The highest BCUT2D eigenvalue weighted by molar-refractivity contribution is 7.90. The highest BCUT2D eigenvalue weighted by Crippen LogP contribution is 2.47. The number of amides is 2. The van der Waals surface area contributed by atoms with E-state index >= 15 is 0 Å². The van der Waals surface area contributed by atoms with Crippen LogP contribution in [0.2, 0.25) is 5.02 Å². The molecule has 2 aromatic carbocycles. The van der Waals surface area contributed by atoms with Crippen molar-refractivity contribution >= 4 is 39.3 Å². The molecule has 1 N–H and O–H groups in total. The SMILES string of the molecule is CN(C)C(=O)O[C@H]1C=CCN(C)C(C)(C)C(=O)NS(=O)(=O)c2ccc3c(c2)N(C[C@@H]2CC[C@H]21)C[C@@]1(CCCc2cc(Cl)ccc21)CO3. The summed E-state index contributed by atoms with van der Waals surface area (Å²) in [5.74, 6) is 0.200. The first-order valence-electron chi connectivity index (χ1n) is 16.3. The van der Waals surface area contributed by atoms with E-state index in [2.05, 4.69) is 21.8 Å².